The number of nitrogens with two attached hydrogens (primary N) is 1. The lowest BCUT2D eigenvalue weighted by molar-refractivity contribution is -0.142. The van der Waals surface area contributed by atoms with Gasteiger partial charge in [-0.05, 0) is 19.3 Å². The van der Waals surface area contributed by atoms with Crippen molar-refractivity contribution in [1.82, 2.24) is 4.90 Å². The topological polar surface area (TPSA) is 55.6 Å². The Kier molecular flexibility index (Phi) is 4.40. The van der Waals surface area contributed by atoms with E-state index in [0.717, 1.165) is 6.42 Å². The summed E-state index contributed by atoms with van der Waals surface area (Å²) < 4.78 is 5.55. The molecule has 0 aromatic rings. The van der Waals surface area contributed by atoms with Crippen LogP contribution in [0.3, 0.4) is 0 Å². The van der Waals surface area contributed by atoms with E-state index in [1.54, 1.807) is 0 Å². The zero-order chi connectivity index (χ0) is 12.3. The molecule has 98 valence electrons. The second kappa shape index (κ2) is 5.83. The van der Waals surface area contributed by atoms with Crippen LogP contribution in [0.5, 0.6) is 0 Å². The van der Waals surface area contributed by atoms with Gasteiger partial charge in [-0.25, -0.2) is 0 Å². The van der Waals surface area contributed by atoms with Gasteiger partial charge < -0.3 is 10.5 Å². The van der Waals surface area contributed by atoms with Crippen molar-refractivity contribution in [2.24, 2.45) is 5.73 Å². The van der Waals surface area contributed by atoms with Crippen LogP contribution in [-0.2, 0) is 9.53 Å². The number of hydrogen-bond donors (Lipinski definition) is 1. The van der Waals surface area contributed by atoms with Crippen molar-refractivity contribution in [2.75, 3.05) is 13.2 Å². The Bertz CT molecular complexity index is 264. The first-order valence-electron chi connectivity index (χ1n) is 6.89. The molecule has 0 aromatic carbocycles. The Labute approximate surface area is 103 Å². The lowest BCUT2D eigenvalue weighted by Crippen LogP contribution is -2.57. The first-order chi connectivity index (χ1) is 8.22. The maximum absolute atomic E-state index is 11.2. The summed E-state index contributed by atoms with van der Waals surface area (Å²) in [5.74, 6) is -0.319. The molecule has 1 aliphatic carbocycles. The maximum Gasteiger partial charge on any atom is 0.247 e. The highest BCUT2D eigenvalue weighted by Crippen LogP contribution is 2.27. The minimum Gasteiger partial charge on any atom is -0.367 e. The summed E-state index contributed by atoms with van der Waals surface area (Å²) in [5, 5.41) is 0. The van der Waals surface area contributed by atoms with E-state index >= 15 is 0 Å². The molecule has 0 radical (unpaired) electrons. The van der Waals surface area contributed by atoms with Crippen molar-refractivity contribution < 1.29 is 9.53 Å². The van der Waals surface area contributed by atoms with Crippen LogP contribution in [0, 0.1) is 0 Å². The van der Waals surface area contributed by atoms with Gasteiger partial charge in [-0.1, -0.05) is 26.2 Å². The fraction of sp³-hybridized carbons (Fsp3) is 0.923. The maximum atomic E-state index is 11.2. The normalized spacial score (nSPS) is 32.5. The first-order valence-corrected chi connectivity index (χ1v) is 6.89. The number of amides is 1. The molecule has 0 spiro atoms. The summed E-state index contributed by atoms with van der Waals surface area (Å²) >= 11 is 0. The largest absolute Gasteiger partial charge is 0.367 e. The molecule has 2 unspecified atom stereocenters. The third kappa shape index (κ3) is 2.99. The highest BCUT2D eigenvalue weighted by Gasteiger charge is 2.35. The average molecular weight is 240 g/mol. The van der Waals surface area contributed by atoms with E-state index in [9.17, 15) is 4.79 Å². The summed E-state index contributed by atoms with van der Waals surface area (Å²) in [6.07, 6.45) is 7.21. The van der Waals surface area contributed by atoms with Gasteiger partial charge in [0.1, 0.15) is 6.10 Å². The molecule has 1 saturated heterocycles. The number of hydrogen-bond acceptors (Lipinski definition) is 3. The number of nitrogens with zero attached hydrogens (tertiary/aromatic N) is 1. The number of rotatable bonds is 3. The molecule has 0 bridgehead atoms. The molecule has 0 aromatic heterocycles. The SMILES string of the molecule is CCC1COC(C(N)=O)CN1C1CCCCC1. The van der Waals surface area contributed by atoms with Gasteiger partial charge in [-0.15, -0.1) is 0 Å². The molecule has 2 rings (SSSR count). The molecule has 1 amide bonds. The number of carbonyl (C=O) groups excluding carboxylic acids is 1. The summed E-state index contributed by atoms with van der Waals surface area (Å²) in [6, 6.07) is 1.10. The Hall–Kier alpha value is -0.610. The molecule has 1 aliphatic heterocycles. The quantitative estimate of drug-likeness (QED) is 0.808. The van der Waals surface area contributed by atoms with Crippen LogP contribution in [-0.4, -0.2) is 42.1 Å². The number of carbonyl (C=O) groups is 1. The lowest BCUT2D eigenvalue weighted by atomic mass is 9.92. The number of morpholine rings is 1. The molecule has 2 N–H and O–H groups in total. The molecule has 4 nitrogen and oxygen atoms in total. The number of primary amides is 1. The van der Waals surface area contributed by atoms with Crippen molar-refractivity contribution in [3.63, 3.8) is 0 Å². The first kappa shape index (κ1) is 12.8. The minimum atomic E-state index is -0.403. The molecule has 1 saturated carbocycles. The second-order valence-corrected chi connectivity index (χ2v) is 5.28. The highest BCUT2D eigenvalue weighted by atomic mass is 16.5. The van der Waals surface area contributed by atoms with Gasteiger partial charge in [-0.3, -0.25) is 9.69 Å². The predicted octanol–water partition coefficient (Wildman–Crippen LogP) is 1.28. The van der Waals surface area contributed by atoms with Gasteiger partial charge in [0, 0.05) is 18.6 Å². The molecule has 4 heteroatoms. The Morgan fingerprint density at radius 3 is 2.65 bits per heavy atom. The highest BCUT2D eigenvalue weighted by molar-refractivity contribution is 5.79. The Morgan fingerprint density at radius 2 is 2.06 bits per heavy atom. The molecular formula is C13H24N2O2. The van der Waals surface area contributed by atoms with Gasteiger partial charge in [0.05, 0.1) is 6.61 Å². The smallest absolute Gasteiger partial charge is 0.247 e. The fourth-order valence-electron chi connectivity index (χ4n) is 3.10. The van der Waals surface area contributed by atoms with Crippen LogP contribution in [0.15, 0.2) is 0 Å². The molecule has 2 atom stereocenters. The van der Waals surface area contributed by atoms with Crippen LogP contribution in [0.1, 0.15) is 45.4 Å². The summed E-state index contributed by atoms with van der Waals surface area (Å²) in [6.45, 7) is 3.54. The van der Waals surface area contributed by atoms with Crippen molar-refractivity contribution in [2.45, 2.75) is 63.6 Å². The molecule has 2 aliphatic rings. The predicted molar refractivity (Wildman–Crippen MR) is 66.6 cm³/mol. The monoisotopic (exact) mass is 240 g/mol. The van der Waals surface area contributed by atoms with E-state index in [1.165, 1.54) is 32.1 Å². The van der Waals surface area contributed by atoms with Crippen LogP contribution in [0.4, 0.5) is 0 Å². The minimum absolute atomic E-state index is 0.319. The van der Waals surface area contributed by atoms with Crippen molar-refractivity contribution >= 4 is 5.91 Å². The fourth-order valence-corrected chi connectivity index (χ4v) is 3.10. The van der Waals surface area contributed by atoms with Gasteiger partial charge in [0.15, 0.2) is 0 Å². The van der Waals surface area contributed by atoms with Gasteiger partial charge in [0.2, 0.25) is 5.91 Å². The van der Waals surface area contributed by atoms with E-state index in [2.05, 4.69) is 11.8 Å². The van der Waals surface area contributed by atoms with Crippen molar-refractivity contribution in [3.8, 4) is 0 Å². The van der Waals surface area contributed by atoms with Crippen molar-refractivity contribution in [1.29, 1.82) is 0 Å². The van der Waals surface area contributed by atoms with E-state index in [0.29, 0.717) is 25.2 Å². The van der Waals surface area contributed by atoms with E-state index < -0.39 is 6.10 Å². The third-order valence-corrected chi connectivity index (χ3v) is 4.17. The molecule has 17 heavy (non-hydrogen) atoms. The molecular weight excluding hydrogens is 216 g/mol. The van der Waals surface area contributed by atoms with E-state index in [1.807, 2.05) is 0 Å². The standard InChI is InChI=1S/C13H24N2O2/c1-2-10-9-17-12(13(14)16)8-15(10)11-6-4-3-5-7-11/h10-12H,2-9H2,1H3,(H2,14,16). The van der Waals surface area contributed by atoms with Gasteiger partial charge in [-0.2, -0.15) is 0 Å². The van der Waals surface area contributed by atoms with E-state index in [-0.39, 0.29) is 5.91 Å². The summed E-state index contributed by atoms with van der Waals surface area (Å²) in [5.41, 5.74) is 5.36. The average Bonchev–Trinajstić information content (AvgIpc) is 2.39. The van der Waals surface area contributed by atoms with Crippen molar-refractivity contribution in [3.05, 3.63) is 0 Å². The van der Waals surface area contributed by atoms with Gasteiger partial charge in [0.25, 0.3) is 0 Å². The lowest BCUT2D eigenvalue weighted by Gasteiger charge is -2.44. The van der Waals surface area contributed by atoms with Gasteiger partial charge >= 0.3 is 0 Å². The Morgan fingerprint density at radius 1 is 1.35 bits per heavy atom. The number of ether oxygens (including phenoxy) is 1. The van der Waals surface area contributed by atoms with Crippen LogP contribution >= 0.6 is 0 Å². The third-order valence-electron chi connectivity index (χ3n) is 4.17. The summed E-state index contributed by atoms with van der Waals surface area (Å²) in [7, 11) is 0. The van der Waals surface area contributed by atoms with E-state index in [4.69, 9.17) is 10.5 Å². The zero-order valence-corrected chi connectivity index (χ0v) is 10.7. The van der Waals surface area contributed by atoms with Crippen LogP contribution < -0.4 is 5.73 Å². The zero-order valence-electron chi connectivity index (χ0n) is 10.7. The Balaban J connectivity index is 2.00. The molecule has 2 fully saturated rings. The summed E-state index contributed by atoms with van der Waals surface area (Å²) in [4.78, 5) is 13.7. The molecule has 1 heterocycles. The van der Waals surface area contributed by atoms with Crippen LogP contribution in [0.25, 0.3) is 0 Å². The second-order valence-electron chi connectivity index (χ2n) is 5.28. The van der Waals surface area contributed by atoms with Crippen LogP contribution in [0.2, 0.25) is 0 Å².